The average molecular weight is 179 g/mol. The van der Waals surface area contributed by atoms with Crippen LogP contribution < -0.4 is 5.73 Å². The number of hydrogen-bond acceptors (Lipinski definition) is 2. The molecular weight excluding hydrogens is 162 g/mol. The van der Waals surface area contributed by atoms with Crippen LogP contribution in [0.5, 0.6) is 0 Å². The predicted octanol–water partition coefficient (Wildman–Crippen LogP) is 2.22. The third-order valence-electron chi connectivity index (χ3n) is 2.90. The lowest BCUT2D eigenvalue weighted by Gasteiger charge is -2.26. The highest BCUT2D eigenvalue weighted by atomic mass is 15.3. The molecule has 3 nitrogen and oxygen atoms in total. The molecule has 0 amide bonds. The first-order valence-electron chi connectivity index (χ1n) is 5.05. The standard InChI is InChI=1S/C10H17N3/c1-8-3-2-4-10(5-8)13-7-9(11)6-12-13/h6-8,10H,2-5,11H2,1H3. The fourth-order valence-electron chi connectivity index (χ4n) is 2.19. The van der Waals surface area contributed by atoms with Gasteiger partial charge in [0.25, 0.3) is 0 Å². The average Bonchev–Trinajstić information content (AvgIpc) is 2.52. The summed E-state index contributed by atoms with van der Waals surface area (Å²) in [4.78, 5) is 0. The lowest BCUT2D eigenvalue weighted by molar-refractivity contribution is 0.266. The third-order valence-corrected chi connectivity index (χ3v) is 2.90. The van der Waals surface area contributed by atoms with E-state index in [0.717, 1.165) is 11.6 Å². The van der Waals surface area contributed by atoms with Gasteiger partial charge in [0, 0.05) is 6.20 Å². The van der Waals surface area contributed by atoms with Crippen LogP contribution >= 0.6 is 0 Å². The number of nitrogens with two attached hydrogens (primary N) is 1. The van der Waals surface area contributed by atoms with Crippen LogP contribution in [-0.4, -0.2) is 9.78 Å². The second-order valence-electron chi connectivity index (χ2n) is 4.18. The minimum atomic E-state index is 0.584. The van der Waals surface area contributed by atoms with Crippen molar-refractivity contribution in [2.45, 2.75) is 38.6 Å². The zero-order valence-electron chi connectivity index (χ0n) is 8.11. The molecule has 2 N–H and O–H groups in total. The molecule has 0 spiro atoms. The monoisotopic (exact) mass is 179 g/mol. The van der Waals surface area contributed by atoms with Crippen molar-refractivity contribution in [3.63, 3.8) is 0 Å². The number of nitrogens with zero attached hydrogens (tertiary/aromatic N) is 2. The second kappa shape index (κ2) is 3.40. The van der Waals surface area contributed by atoms with Crippen LogP contribution in [-0.2, 0) is 0 Å². The van der Waals surface area contributed by atoms with Crippen LogP contribution in [0.3, 0.4) is 0 Å². The van der Waals surface area contributed by atoms with E-state index in [1.165, 1.54) is 25.7 Å². The maximum atomic E-state index is 5.64. The molecule has 0 bridgehead atoms. The Morgan fingerprint density at radius 3 is 3.00 bits per heavy atom. The van der Waals surface area contributed by atoms with Crippen LogP contribution in [0.25, 0.3) is 0 Å². The van der Waals surface area contributed by atoms with Crippen molar-refractivity contribution in [1.82, 2.24) is 9.78 Å². The van der Waals surface area contributed by atoms with Gasteiger partial charge in [0.05, 0.1) is 17.9 Å². The number of nitrogen functional groups attached to an aromatic ring is 1. The second-order valence-corrected chi connectivity index (χ2v) is 4.18. The van der Waals surface area contributed by atoms with E-state index in [4.69, 9.17) is 5.73 Å². The van der Waals surface area contributed by atoms with E-state index in [1.54, 1.807) is 6.20 Å². The Labute approximate surface area is 78.9 Å². The molecule has 2 atom stereocenters. The fourth-order valence-corrected chi connectivity index (χ4v) is 2.19. The Hall–Kier alpha value is -0.990. The fraction of sp³-hybridized carbons (Fsp3) is 0.700. The molecule has 13 heavy (non-hydrogen) atoms. The molecule has 0 aliphatic heterocycles. The van der Waals surface area contributed by atoms with Gasteiger partial charge in [-0.05, 0) is 18.8 Å². The van der Waals surface area contributed by atoms with E-state index in [-0.39, 0.29) is 0 Å². The lowest BCUT2D eigenvalue weighted by Crippen LogP contribution is -2.17. The maximum Gasteiger partial charge on any atom is 0.0719 e. The van der Waals surface area contributed by atoms with Gasteiger partial charge in [-0.3, -0.25) is 4.68 Å². The van der Waals surface area contributed by atoms with Gasteiger partial charge in [0.15, 0.2) is 0 Å². The molecular formula is C10H17N3. The first-order valence-corrected chi connectivity index (χ1v) is 5.05. The summed E-state index contributed by atoms with van der Waals surface area (Å²) in [5.41, 5.74) is 6.41. The molecule has 0 aromatic carbocycles. The van der Waals surface area contributed by atoms with E-state index in [0.29, 0.717) is 6.04 Å². The van der Waals surface area contributed by atoms with Crippen LogP contribution in [0.4, 0.5) is 5.69 Å². The van der Waals surface area contributed by atoms with Gasteiger partial charge in [0.2, 0.25) is 0 Å². The van der Waals surface area contributed by atoms with Crippen molar-refractivity contribution in [3.05, 3.63) is 12.4 Å². The summed E-state index contributed by atoms with van der Waals surface area (Å²) in [5, 5.41) is 4.27. The van der Waals surface area contributed by atoms with Crippen molar-refractivity contribution >= 4 is 5.69 Å². The maximum absolute atomic E-state index is 5.64. The van der Waals surface area contributed by atoms with Crippen molar-refractivity contribution < 1.29 is 0 Å². The Kier molecular flexibility index (Phi) is 2.25. The van der Waals surface area contributed by atoms with E-state index < -0.39 is 0 Å². The van der Waals surface area contributed by atoms with Crippen LogP contribution in [0, 0.1) is 5.92 Å². The van der Waals surface area contributed by atoms with Crippen LogP contribution in [0.15, 0.2) is 12.4 Å². The van der Waals surface area contributed by atoms with E-state index in [1.807, 2.05) is 10.9 Å². The summed E-state index contributed by atoms with van der Waals surface area (Å²) >= 11 is 0. The minimum Gasteiger partial charge on any atom is -0.396 e. The van der Waals surface area contributed by atoms with Crippen molar-refractivity contribution in [2.24, 2.45) is 5.92 Å². The molecule has 3 heteroatoms. The molecule has 1 aromatic heterocycles. The zero-order valence-corrected chi connectivity index (χ0v) is 8.11. The largest absolute Gasteiger partial charge is 0.396 e. The molecule has 1 aliphatic carbocycles. The first kappa shape index (κ1) is 8.60. The van der Waals surface area contributed by atoms with Gasteiger partial charge in [-0.25, -0.2) is 0 Å². The molecule has 1 aliphatic rings. The Balaban J connectivity index is 2.08. The number of aromatic nitrogens is 2. The summed E-state index contributed by atoms with van der Waals surface area (Å²) in [7, 11) is 0. The van der Waals surface area contributed by atoms with Crippen molar-refractivity contribution in [3.8, 4) is 0 Å². The minimum absolute atomic E-state index is 0.584. The van der Waals surface area contributed by atoms with Gasteiger partial charge >= 0.3 is 0 Å². The number of rotatable bonds is 1. The van der Waals surface area contributed by atoms with Gasteiger partial charge in [-0.15, -0.1) is 0 Å². The molecule has 72 valence electrons. The summed E-state index contributed by atoms with van der Waals surface area (Å²) in [6, 6.07) is 0.584. The Morgan fingerprint density at radius 1 is 1.54 bits per heavy atom. The van der Waals surface area contributed by atoms with Gasteiger partial charge < -0.3 is 5.73 Å². The first-order chi connectivity index (χ1) is 6.25. The highest BCUT2D eigenvalue weighted by molar-refractivity contribution is 5.30. The Bertz CT molecular complexity index is 279. The Morgan fingerprint density at radius 2 is 2.38 bits per heavy atom. The summed E-state index contributed by atoms with van der Waals surface area (Å²) in [6.45, 7) is 2.32. The van der Waals surface area contributed by atoms with E-state index >= 15 is 0 Å². The quantitative estimate of drug-likeness (QED) is 0.718. The molecule has 1 aromatic rings. The van der Waals surface area contributed by atoms with E-state index in [2.05, 4.69) is 12.0 Å². The zero-order chi connectivity index (χ0) is 9.26. The third kappa shape index (κ3) is 1.85. The van der Waals surface area contributed by atoms with Gasteiger partial charge in [-0.2, -0.15) is 5.10 Å². The van der Waals surface area contributed by atoms with Crippen molar-refractivity contribution in [1.29, 1.82) is 0 Å². The molecule has 2 rings (SSSR count). The summed E-state index contributed by atoms with van der Waals surface area (Å²) in [5.74, 6) is 0.837. The molecule has 0 radical (unpaired) electrons. The molecule has 1 heterocycles. The van der Waals surface area contributed by atoms with Crippen LogP contribution in [0.2, 0.25) is 0 Å². The van der Waals surface area contributed by atoms with Crippen molar-refractivity contribution in [2.75, 3.05) is 5.73 Å². The van der Waals surface area contributed by atoms with Gasteiger partial charge in [-0.1, -0.05) is 19.8 Å². The lowest BCUT2D eigenvalue weighted by atomic mass is 9.87. The summed E-state index contributed by atoms with van der Waals surface area (Å²) in [6.07, 6.45) is 8.88. The SMILES string of the molecule is CC1CCCC(n2cc(N)cn2)C1. The predicted molar refractivity (Wildman–Crippen MR) is 53.3 cm³/mol. The van der Waals surface area contributed by atoms with Crippen LogP contribution in [0.1, 0.15) is 38.6 Å². The highest BCUT2D eigenvalue weighted by Crippen LogP contribution is 2.31. The normalized spacial score (nSPS) is 29.0. The molecule has 2 unspecified atom stereocenters. The van der Waals surface area contributed by atoms with Gasteiger partial charge in [0.1, 0.15) is 0 Å². The highest BCUT2D eigenvalue weighted by Gasteiger charge is 2.20. The number of hydrogen-bond donors (Lipinski definition) is 1. The smallest absolute Gasteiger partial charge is 0.0719 e. The topological polar surface area (TPSA) is 43.8 Å². The van der Waals surface area contributed by atoms with E-state index in [9.17, 15) is 0 Å². The number of anilines is 1. The molecule has 1 fully saturated rings. The molecule has 0 saturated heterocycles. The molecule has 1 saturated carbocycles. The summed E-state index contributed by atoms with van der Waals surface area (Å²) < 4.78 is 2.03.